The third-order valence-corrected chi connectivity index (χ3v) is 5.43. The summed E-state index contributed by atoms with van der Waals surface area (Å²) in [5, 5.41) is 14.1. The average Bonchev–Trinajstić information content (AvgIpc) is 3.18. The molecule has 0 aliphatic carbocycles. The molecule has 0 saturated carbocycles. The lowest BCUT2D eigenvalue weighted by atomic mass is 10.0. The number of benzene rings is 1. The third kappa shape index (κ3) is 3.77. The van der Waals surface area contributed by atoms with Gasteiger partial charge in [0.15, 0.2) is 0 Å². The second-order valence-electron chi connectivity index (χ2n) is 6.20. The minimum atomic E-state index is -1.06. The first-order valence-electron chi connectivity index (χ1n) is 8.54. The molecule has 26 heavy (non-hydrogen) atoms. The topological polar surface area (TPSA) is 95.1 Å². The number of aryl methyl sites for hydroxylation is 2. The fourth-order valence-electron chi connectivity index (χ4n) is 2.93. The van der Waals surface area contributed by atoms with Crippen molar-refractivity contribution in [1.82, 2.24) is 15.3 Å². The largest absolute Gasteiger partial charge is 0.480 e. The number of aromatic nitrogens is 2. The van der Waals surface area contributed by atoms with Crippen molar-refractivity contribution < 1.29 is 14.7 Å². The van der Waals surface area contributed by atoms with Crippen molar-refractivity contribution in [3.05, 3.63) is 51.6 Å². The number of hydrogen-bond acceptors (Lipinski definition) is 4. The van der Waals surface area contributed by atoms with Crippen LogP contribution >= 0.6 is 11.3 Å². The first kappa shape index (κ1) is 18.1. The fourth-order valence-corrected chi connectivity index (χ4v) is 4.00. The summed E-state index contributed by atoms with van der Waals surface area (Å²) >= 11 is 1.33. The van der Waals surface area contributed by atoms with Crippen LogP contribution in [0, 0.1) is 6.92 Å². The van der Waals surface area contributed by atoms with Gasteiger partial charge in [-0.25, -0.2) is 9.78 Å². The van der Waals surface area contributed by atoms with E-state index in [2.05, 4.69) is 22.2 Å². The number of fused-ring (bicyclic) bond motifs is 1. The molecule has 1 unspecified atom stereocenters. The highest BCUT2D eigenvalue weighted by Crippen LogP contribution is 2.21. The van der Waals surface area contributed by atoms with Gasteiger partial charge in [0.25, 0.3) is 5.91 Å². The average molecular weight is 371 g/mol. The van der Waals surface area contributed by atoms with Gasteiger partial charge in [-0.15, -0.1) is 11.3 Å². The van der Waals surface area contributed by atoms with Gasteiger partial charge in [-0.3, -0.25) is 4.79 Å². The van der Waals surface area contributed by atoms with E-state index in [1.807, 2.05) is 24.3 Å². The van der Waals surface area contributed by atoms with Crippen LogP contribution in [0.4, 0.5) is 0 Å². The van der Waals surface area contributed by atoms with Crippen LogP contribution in [-0.4, -0.2) is 33.0 Å². The Kier molecular flexibility index (Phi) is 5.37. The molecule has 7 heteroatoms. The lowest BCUT2D eigenvalue weighted by Crippen LogP contribution is -2.42. The number of thiazole rings is 1. The number of aliphatic carboxylic acids is 1. The highest BCUT2D eigenvalue weighted by Gasteiger charge is 2.24. The Hall–Kier alpha value is -2.67. The molecule has 136 valence electrons. The molecule has 6 nitrogen and oxygen atoms in total. The van der Waals surface area contributed by atoms with E-state index < -0.39 is 12.0 Å². The van der Waals surface area contributed by atoms with Crippen molar-refractivity contribution in [2.24, 2.45) is 0 Å². The zero-order valence-corrected chi connectivity index (χ0v) is 15.5. The van der Waals surface area contributed by atoms with E-state index in [4.69, 9.17) is 0 Å². The molecule has 2 aromatic heterocycles. The van der Waals surface area contributed by atoms with E-state index in [0.29, 0.717) is 10.6 Å². The number of nitrogens with zero attached hydrogens (tertiary/aromatic N) is 1. The molecular weight excluding hydrogens is 350 g/mol. The van der Waals surface area contributed by atoms with Crippen LogP contribution in [0.15, 0.2) is 30.5 Å². The molecule has 1 atom stereocenters. The van der Waals surface area contributed by atoms with Crippen molar-refractivity contribution in [3.8, 4) is 0 Å². The Balaban J connectivity index is 1.78. The van der Waals surface area contributed by atoms with Crippen molar-refractivity contribution >= 4 is 34.1 Å². The molecule has 0 saturated heterocycles. The van der Waals surface area contributed by atoms with Gasteiger partial charge in [0.1, 0.15) is 10.9 Å². The quantitative estimate of drug-likeness (QED) is 0.594. The van der Waals surface area contributed by atoms with Gasteiger partial charge >= 0.3 is 5.97 Å². The Bertz CT molecular complexity index is 945. The zero-order chi connectivity index (χ0) is 18.7. The van der Waals surface area contributed by atoms with Gasteiger partial charge < -0.3 is 15.4 Å². The number of carbonyl (C=O) groups is 2. The normalized spacial score (nSPS) is 12.2. The maximum absolute atomic E-state index is 12.6. The number of carboxylic acid groups (broad SMARTS) is 1. The standard InChI is InChI=1S/C19H21N3O3S/c1-3-6-16-21-11(2)17(26-16)18(23)22-15(19(24)25)9-12-10-20-14-8-5-4-7-13(12)14/h4-5,7-8,10,15,20H,3,6,9H2,1-2H3,(H,22,23)(H,24,25). The summed E-state index contributed by atoms with van der Waals surface area (Å²) in [5.41, 5.74) is 2.45. The van der Waals surface area contributed by atoms with Gasteiger partial charge in [0.05, 0.1) is 10.7 Å². The Morgan fingerprint density at radius 2 is 2.12 bits per heavy atom. The summed E-state index contributed by atoms with van der Waals surface area (Å²) < 4.78 is 0. The molecular formula is C19H21N3O3S. The van der Waals surface area contributed by atoms with Crippen molar-refractivity contribution in [2.45, 2.75) is 39.2 Å². The molecule has 1 amide bonds. The van der Waals surface area contributed by atoms with E-state index >= 15 is 0 Å². The minimum Gasteiger partial charge on any atom is -0.480 e. The monoisotopic (exact) mass is 371 g/mol. The van der Waals surface area contributed by atoms with Crippen molar-refractivity contribution in [1.29, 1.82) is 0 Å². The minimum absolute atomic E-state index is 0.213. The number of amides is 1. The van der Waals surface area contributed by atoms with Gasteiger partial charge in [0, 0.05) is 23.5 Å². The van der Waals surface area contributed by atoms with Gasteiger partial charge in [-0.05, 0) is 31.4 Å². The molecule has 0 aliphatic rings. The van der Waals surface area contributed by atoms with Crippen LogP contribution in [0.1, 0.15) is 39.3 Å². The Morgan fingerprint density at radius 1 is 1.35 bits per heavy atom. The molecule has 0 bridgehead atoms. The predicted molar refractivity (Wildman–Crippen MR) is 102 cm³/mol. The zero-order valence-electron chi connectivity index (χ0n) is 14.7. The Morgan fingerprint density at radius 3 is 2.85 bits per heavy atom. The number of hydrogen-bond donors (Lipinski definition) is 3. The van der Waals surface area contributed by atoms with Crippen LogP contribution in [-0.2, 0) is 17.6 Å². The number of H-pyrrole nitrogens is 1. The van der Waals surface area contributed by atoms with E-state index in [0.717, 1.165) is 34.3 Å². The maximum atomic E-state index is 12.6. The van der Waals surface area contributed by atoms with Crippen LogP contribution < -0.4 is 5.32 Å². The summed E-state index contributed by atoms with van der Waals surface area (Å²) in [5.74, 6) is -1.44. The SMILES string of the molecule is CCCc1nc(C)c(C(=O)NC(Cc2c[nH]c3ccccc23)C(=O)O)s1. The predicted octanol–water partition coefficient (Wildman–Crippen LogP) is 3.31. The number of nitrogens with one attached hydrogen (secondary N) is 2. The molecule has 1 aromatic carbocycles. The summed E-state index contributed by atoms with van der Waals surface area (Å²) in [4.78, 5) is 32.3. The lowest BCUT2D eigenvalue weighted by molar-refractivity contribution is -0.139. The highest BCUT2D eigenvalue weighted by molar-refractivity contribution is 7.13. The van der Waals surface area contributed by atoms with Crippen molar-refractivity contribution in [3.63, 3.8) is 0 Å². The summed E-state index contributed by atoms with van der Waals surface area (Å²) in [6.45, 7) is 3.83. The molecule has 3 rings (SSSR count). The lowest BCUT2D eigenvalue weighted by Gasteiger charge is -2.13. The number of carboxylic acids is 1. The highest BCUT2D eigenvalue weighted by atomic mass is 32.1. The van der Waals surface area contributed by atoms with Gasteiger partial charge in [-0.2, -0.15) is 0 Å². The van der Waals surface area contributed by atoms with Crippen LogP contribution in [0.3, 0.4) is 0 Å². The van der Waals surface area contributed by atoms with Crippen LogP contribution in [0.5, 0.6) is 0 Å². The van der Waals surface area contributed by atoms with E-state index in [1.165, 1.54) is 11.3 Å². The molecule has 3 aromatic rings. The third-order valence-electron chi connectivity index (χ3n) is 4.21. The molecule has 0 radical (unpaired) electrons. The molecule has 0 aliphatic heterocycles. The number of aromatic amines is 1. The molecule has 3 N–H and O–H groups in total. The second kappa shape index (κ2) is 7.70. The molecule has 0 fully saturated rings. The van der Waals surface area contributed by atoms with E-state index in [1.54, 1.807) is 13.1 Å². The molecule has 2 heterocycles. The van der Waals surface area contributed by atoms with Crippen LogP contribution in [0.25, 0.3) is 10.9 Å². The van der Waals surface area contributed by atoms with Gasteiger partial charge in [0.2, 0.25) is 0 Å². The van der Waals surface area contributed by atoms with Crippen LogP contribution in [0.2, 0.25) is 0 Å². The number of rotatable bonds is 7. The van der Waals surface area contributed by atoms with E-state index in [9.17, 15) is 14.7 Å². The first-order chi connectivity index (χ1) is 12.5. The van der Waals surface area contributed by atoms with E-state index in [-0.39, 0.29) is 12.3 Å². The van der Waals surface area contributed by atoms with Gasteiger partial charge in [-0.1, -0.05) is 25.1 Å². The summed E-state index contributed by atoms with van der Waals surface area (Å²) in [7, 11) is 0. The number of para-hydroxylation sites is 1. The number of carbonyl (C=O) groups excluding carboxylic acids is 1. The fraction of sp³-hybridized carbons (Fsp3) is 0.316. The summed E-state index contributed by atoms with van der Waals surface area (Å²) in [6.07, 6.45) is 3.78. The second-order valence-corrected chi connectivity index (χ2v) is 7.28. The smallest absolute Gasteiger partial charge is 0.326 e. The summed E-state index contributed by atoms with van der Waals surface area (Å²) in [6, 6.07) is 6.69. The molecule has 0 spiro atoms. The first-order valence-corrected chi connectivity index (χ1v) is 9.36. The maximum Gasteiger partial charge on any atom is 0.326 e. The van der Waals surface area contributed by atoms with Crippen molar-refractivity contribution in [2.75, 3.05) is 0 Å². The Labute approximate surface area is 155 Å².